The number of fused-ring (bicyclic) bond motifs is 6. The van der Waals surface area contributed by atoms with E-state index >= 15 is 0 Å². The van der Waals surface area contributed by atoms with E-state index in [9.17, 15) is 0 Å². The van der Waals surface area contributed by atoms with Crippen molar-refractivity contribution in [1.29, 1.82) is 0 Å². The van der Waals surface area contributed by atoms with E-state index in [1.807, 2.05) is 24.5 Å². The van der Waals surface area contributed by atoms with E-state index in [-0.39, 0.29) is 6.04 Å². The maximum Gasteiger partial charge on any atom is 0.0783 e. The second kappa shape index (κ2) is 9.32. The summed E-state index contributed by atoms with van der Waals surface area (Å²) in [4.78, 5) is 4.42. The minimum atomic E-state index is 0.00776. The van der Waals surface area contributed by atoms with Crippen LogP contribution in [0.15, 0.2) is 85.0 Å². The first-order chi connectivity index (χ1) is 17.7. The molecule has 0 saturated carbocycles. The number of benzene rings is 1. The molecule has 6 rings (SSSR count). The monoisotopic (exact) mass is 475 g/mol. The molecule has 2 aromatic heterocycles. The van der Waals surface area contributed by atoms with Crippen molar-refractivity contribution in [3.63, 3.8) is 0 Å². The van der Waals surface area contributed by atoms with Gasteiger partial charge in [-0.3, -0.25) is 20.5 Å². The molecule has 182 valence electrons. The molecule has 3 aliphatic rings. The van der Waals surface area contributed by atoms with Crippen molar-refractivity contribution in [2.45, 2.75) is 45.1 Å². The second-order valence-electron chi connectivity index (χ2n) is 9.97. The van der Waals surface area contributed by atoms with Gasteiger partial charge < -0.3 is 5.43 Å². The van der Waals surface area contributed by atoms with E-state index in [1.165, 1.54) is 45.3 Å². The van der Waals surface area contributed by atoms with Crippen LogP contribution in [0, 0.1) is 5.92 Å². The maximum absolute atomic E-state index is 5.61. The molecule has 3 N–H and O–H groups in total. The number of allylic oxidation sites excluding steroid dienone is 5. The Morgan fingerprint density at radius 2 is 2.11 bits per heavy atom. The molecule has 2 heterocycles. The zero-order chi connectivity index (χ0) is 24.6. The number of nitrogens with zero attached hydrogens (tertiary/aromatic N) is 3. The summed E-state index contributed by atoms with van der Waals surface area (Å²) in [5.41, 5.74) is 12.8. The molecule has 2 unspecified atom stereocenters. The number of nitrogens with two attached hydrogens (primary N) is 1. The first-order valence-corrected chi connectivity index (χ1v) is 12.9. The van der Waals surface area contributed by atoms with E-state index in [2.05, 4.69) is 82.2 Å². The van der Waals surface area contributed by atoms with Crippen LogP contribution in [0.1, 0.15) is 60.2 Å². The van der Waals surface area contributed by atoms with Gasteiger partial charge in [-0.15, -0.1) is 0 Å². The summed E-state index contributed by atoms with van der Waals surface area (Å²) in [5, 5.41) is 3.63. The smallest absolute Gasteiger partial charge is 0.0783 e. The van der Waals surface area contributed by atoms with Crippen LogP contribution in [0.4, 0.5) is 0 Å². The molecule has 0 bridgehead atoms. The van der Waals surface area contributed by atoms with E-state index in [4.69, 9.17) is 5.84 Å². The molecule has 36 heavy (non-hydrogen) atoms. The second-order valence-corrected chi connectivity index (χ2v) is 9.97. The maximum atomic E-state index is 5.61. The zero-order valence-corrected chi connectivity index (χ0v) is 20.8. The summed E-state index contributed by atoms with van der Waals surface area (Å²) in [6.45, 7) is 6.73. The van der Waals surface area contributed by atoms with E-state index in [0.717, 1.165) is 36.9 Å². The lowest BCUT2D eigenvalue weighted by Gasteiger charge is -2.37. The van der Waals surface area contributed by atoms with E-state index < -0.39 is 0 Å². The molecule has 0 amide bonds. The number of nitrogens with one attached hydrogen (secondary N) is 1. The summed E-state index contributed by atoms with van der Waals surface area (Å²) in [5.74, 6) is 6.16. The Bertz CT molecular complexity index is 1440. The fraction of sp³-hybridized carbons (Fsp3) is 0.258. The third kappa shape index (κ3) is 3.71. The van der Waals surface area contributed by atoms with Gasteiger partial charge in [-0.1, -0.05) is 49.1 Å². The van der Waals surface area contributed by atoms with Gasteiger partial charge in [0.25, 0.3) is 0 Å². The minimum Gasteiger partial charge on any atom is -0.331 e. The Kier molecular flexibility index (Phi) is 5.86. The van der Waals surface area contributed by atoms with Gasteiger partial charge in [-0.05, 0) is 79.9 Å². The summed E-state index contributed by atoms with van der Waals surface area (Å²) < 4.78 is 2.46. The number of hydrogen-bond donors (Lipinski definition) is 2. The van der Waals surface area contributed by atoms with Gasteiger partial charge in [0, 0.05) is 40.8 Å². The third-order valence-corrected chi connectivity index (χ3v) is 7.87. The Balaban J connectivity index is 1.65. The van der Waals surface area contributed by atoms with Gasteiger partial charge in [0.2, 0.25) is 0 Å². The highest BCUT2D eigenvalue weighted by Crippen LogP contribution is 2.43. The van der Waals surface area contributed by atoms with Gasteiger partial charge >= 0.3 is 0 Å². The molecule has 0 fully saturated rings. The van der Waals surface area contributed by atoms with Gasteiger partial charge in [0.15, 0.2) is 0 Å². The lowest BCUT2D eigenvalue weighted by Crippen LogP contribution is -2.38. The van der Waals surface area contributed by atoms with Crippen LogP contribution in [0.2, 0.25) is 0 Å². The highest BCUT2D eigenvalue weighted by atomic mass is 15.6. The summed E-state index contributed by atoms with van der Waals surface area (Å²) in [6.07, 6.45) is 24.7. The average Bonchev–Trinajstić information content (AvgIpc) is 3.24. The van der Waals surface area contributed by atoms with Crippen molar-refractivity contribution in [1.82, 2.24) is 15.1 Å². The van der Waals surface area contributed by atoms with E-state index in [1.54, 1.807) is 6.20 Å². The molecule has 3 aromatic rings. The average molecular weight is 476 g/mol. The van der Waals surface area contributed by atoms with Gasteiger partial charge in [-0.25, -0.2) is 0 Å². The number of hydrazine groups is 1. The summed E-state index contributed by atoms with van der Waals surface area (Å²) >= 11 is 0. The normalized spacial score (nSPS) is 18.9. The fourth-order valence-electron chi connectivity index (χ4n) is 6.08. The molecule has 5 nitrogen and oxygen atoms in total. The molecule has 5 heteroatoms. The van der Waals surface area contributed by atoms with Crippen LogP contribution >= 0.6 is 0 Å². The molecule has 0 spiro atoms. The van der Waals surface area contributed by atoms with Crippen molar-refractivity contribution < 1.29 is 0 Å². The van der Waals surface area contributed by atoms with Crippen LogP contribution in [0.3, 0.4) is 0 Å². The molecule has 0 saturated heterocycles. The van der Waals surface area contributed by atoms with Crippen molar-refractivity contribution in [3.8, 4) is 0 Å². The highest BCUT2D eigenvalue weighted by molar-refractivity contribution is 5.99. The van der Waals surface area contributed by atoms with E-state index in [0.29, 0.717) is 5.92 Å². The minimum absolute atomic E-state index is 0.00776. The van der Waals surface area contributed by atoms with Crippen molar-refractivity contribution in [3.05, 3.63) is 113 Å². The van der Waals surface area contributed by atoms with Crippen molar-refractivity contribution in [2.24, 2.45) is 11.8 Å². The quantitative estimate of drug-likeness (QED) is 0.257. The zero-order valence-electron chi connectivity index (χ0n) is 20.8. The number of hydrogen-bond acceptors (Lipinski definition) is 4. The van der Waals surface area contributed by atoms with Crippen LogP contribution in [0.25, 0.3) is 23.1 Å². The summed E-state index contributed by atoms with van der Waals surface area (Å²) in [7, 11) is 0. The van der Waals surface area contributed by atoms with Crippen molar-refractivity contribution in [2.75, 3.05) is 5.01 Å². The number of rotatable bonds is 6. The topological polar surface area (TPSA) is 59.1 Å². The van der Waals surface area contributed by atoms with Crippen LogP contribution in [-0.2, 0) is 12.8 Å². The third-order valence-electron chi connectivity index (χ3n) is 7.87. The molecule has 0 aliphatic heterocycles. The van der Waals surface area contributed by atoms with Gasteiger partial charge in [-0.2, -0.15) is 0 Å². The lowest BCUT2D eigenvalue weighted by molar-refractivity contribution is 0.510. The van der Waals surface area contributed by atoms with Gasteiger partial charge in [0.05, 0.1) is 17.3 Å². The molecule has 3 aliphatic carbocycles. The Hall–Kier alpha value is -3.83. The molecule has 1 aromatic carbocycles. The first kappa shape index (κ1) is 22.6. The molecule has 0 radical (unpaired) electrons. The Morgan fingerprint density at radius 1 is 1.22 bits per heavy atom. The fourth-order valence-corrected chi connectivity index (χ4v) is 6.08. The predicted octanol–water partition coefficient (Wildman–Crippen LogP) is 6.09. The van der Waals surface area contributed by atoms with Crippen LogP contribution in [0.5, 0.6) is 0 Å². The standard InChI is InChI=1S/C31H33N5/c1-21(15-17-34-32)35(22(2)26-11-7-16-33-20-26)36-30-19-25-10-4-3-9-24(25)18-29(30)28-14-13-23-8-5-6-12-27(23)31(28)36/h3,6-7,9,11-18,20,22,25,34H,1,4-5,8,10,19,32H2,2H3/b17-15-. The number of pyridine rings is 1. The van der Waals surface area contributed by atoms with Crippen LogP contribution in [-0.4, -0.2) is 9.66 Å². The van der Waals surface area contributed by atoms with Crippen LogP contribution < -0.4 is 16.3 Å². The molecular weight excluding hydrogens is 442 g/mol. The SMILES string of the molecule is C=C(/C=C\NN)N(C(C)c1cccnc1)n1c2c(c3ccc4c(c31)C=CCC4)C=C1C=CCCC1C2. The Morgan fingerprint density at radius 3 is 2.94 bits per heavy atom. The molecular formula is C31H33N5. The first-order valence-electron chi connectivity index (χ1n) is 12.9. The van der Waals surface area contributed by atoms with Crippen molar-refractivity contribution >= 4 is 23.1 Å². The number of aryl methyl sites for hydroxylation is 1. The highest BCUT2D eigenvalue weighted by Gasteiger charge is 2.32. The Labute approximate surface area is 213 Å². The largest absolute Gasteiger partial charge is 0.331 e. The summed E-state index contributed by atoms with van der Waals surface area (Å²) in [6, 6.07) is 8.81. The lowest BCUT2D eigenvalue weighted by atomic mass is 9.80. The predicted molar refractivity (Wildman–Crippen MR) is 149 cm³/mol. The van der Waals surface area contributed by atoms with Gasteiger partial charge in [0.1, 0.15) is 0 Å². The molecule has 2 atom stereocenters. The number of aromatic nitrogens is 2.